The molecule has 0 amide bonds. The van der Waals surface area contributed by atoms with E-state index < -0.39 is 15.3 Å². The first-order valence-electron chi connectivity index (χ1n) is 6.22. The Morgan fingerprint density at radius 1 is 1.47 bits per heavy atom. The van der Waals surface area contributed by atoms with Gasteiger partial charge in [-0.2, -0.15) is 4.31 Å². The molecule has 1 saturated heterocycles. The molecule has 1 fully saturated rings. The Morgan fingerprint density at radius 2 is 2.12 bits per heavy atom. The van der Waals surface area contributed by atoms with Gasteiger partial charge >= 0.3 is 0 Å². The van der Waals surface area contributed by atoms with E-state index in [1.54, 1.807) is 11.2 Å². The molecule has 1 aliphatic heterocycles. The summed E-state index contributed by atoms with van der Waals surface area (Å²) in [5.74, 6) is 0. The first-order chi connectivity index (χ1) is 7.89. The van der Waals surface area contributed by atoms with Crippen LogP contribution in [0, 0.1) is 0 Å². The van der Waals surface area contributed by atoms with Gasteiger partial charge in [0.2, 0.25) is 10.0 Å². The van der Waals surface area contributed by atoms with Gasteiger partial charge in [0.25, 0.3) is 0 Å². The second-order valence-electron chi connectivity index (χ2n) is 4.73. The van der Waals surface area contributed by atoms with Crippen LogP contribution in [0.25, 0.3) is 0 Å². The molecule has 3 unspecified atom stereocenters. The van der Waals surface area contributed by atoms with Crippen molar-refractivity contribution in [2.75, 3.05) is 26.2 Å². The molecule has 6 heteroatoms. The van der Waals surface area contributed by atoms with Crippen LogP contribution in [0.2, 0.25) is 0 Å². The monoisotopic (exact) mass is 264 g/mol. The highest BCUT2D eigenvalue weighted by Gasteiger charge is 2.36. The van der Waals surface area contributed by atoms with E-state index in [0.717, 1.165) is 6.54 Å². The molecule has 0 spiro atoms. The van der Waals surface area contributed by atoms with Gasteiger partial charge in [0, 0.05) is 19.1 Å². The van der Waals surface area contributed by atoms with Gasteiger partial charge in [0.15, 0.2) is 0 Å². The first kappa shape index (κ1) is 14.9. The molecule has 3 atom stereocenters. The predicted molar refractivity (Wildman–Crippen MR) is 68.5 cm³/mol. The van der Waals surface area contributed by atoms with E-state index >= 15 is 0 Å². The summed E-state index contributed by atoms with van der Waals surface area (Å²) in [6, 6.07) is -0.0692. The number of sulfonamides is 1. The van der Waals surface area contributed by atoms with Crippen molar-refractivity contribution in [2.45, 2.75) is 45.1 Å². The smallest absolute Gasteiger partial charge is 0.218 e. The summed E-state index contributed by atoms with van der Waals surface area (Å²) in [7, 11) is -3.23. The third kappa shape index (κ3) is 3.64. The van der Waals surface area contributed by atoms with Crippen molar-refractivity contribution in [1.82, 2.24) is 9.62 Å². The zero-order valence-electron chi connectivity index (χ0n) is 11.1. The Morgan fingerprint density at radius 3 is 2.71 bits per heavy atom. The largest absolute Gasteiger partial charge is 0.375 e. The number of ether oxygens (including phenoxy) is 1. The summed E-state index contributed by atoms with van der Waals surface area (Å²) in [5, 5.41) is 2.69. The van der Waals surface area contributed by atoms with Crippen LogP contribution >= 0.6 is 0 Å². The molecule has 0 aromatic rings. The lowest BCUT2D eigenvalue weighted by molar-refractivity contribution is -0.0173. The van der Waals surface area contributed by atoms with Crippen LogP contribution in [-0.4, -0.2) is 56.4 Å². The Kier molecular flexibility index (Phi) is 5.37. The van der Waals surface area contributed by atoms with Crippen LogP contribution in [0.1, 0.15) is 27.7 Å². The minimum absolute atomic E-state index is 0.0210. The van der Waals surface area contributed by atoms with Crippen molar-refractivity contribution in [1.29, 1.82) is 0 Å². The van der Waals surface area contributed by atoms with Crippen LogP contribution < -0.4 is 5.32 Å². The maximum atomic E-state index is 12.4. The zero-order valence-corrected chi connectivity index (χ0v) is 12.0. The van der Waals surface area contributed by atoms with Crippen LogP contribution in [0.15, 0.2) is 0 Å². The SMILES string of the molecule is CCNCC(C)S(=O)(=O)N1CC(C)OCC1C. The topological polar surface area (TPSA) is 58.6 Å². The lowest BCUT2D eigenvalue weighted by Gasteiger charge is -2.37. The fraction of sp³-hybridized carbons (Fsp3) is 1.00. The first-order valence-corrected chi connectivity index (χ1v) is 7.72. The van der Waals surface area contributed by atoms with Gasteiger partial charge in [-0.05, 0) is 27.3 Å². The number of hydrogen-bond donors (Lipinski definition) is 1. The van der Waals surface area contributed by atoms with Gasteiger partial charge in [-0.15, -0.1) is 0 Å². The highest BCUT2D eigenvalue weighted by molar-refractivity contribution is 7.89. The second kappa shape index (κ2) is 6.13. The average Bonchev–Trinajstić information content (AvgIpc) is 2.28. The minimum Gasteiger partial charge on any atom is -0.375 e. The summed E-state index contributed by atoms with van der Waals surface area (Å²) >= 11 is 0. The highest BCUT2D eigenvalue weighted by atomic mass is 32.2. The Balaban J connectivity index is 2.73. The molecular weight excluding hydrogens is 240 g/mol. The van der Waals surface area contributed by atoms with E-state index in [9.17, 15) is 8.42 Å². The Bertz CT molecular complexity index is 332. The molecule has 5 nitrogen and oxygen atoms in total. The quantitative estimate of drug-likeness (QED) is 0.782. The molecule has 0 saturated carbocycles. The fourth-order valence-corrected chi connectivity index (χ4v) is 3.68. The van der Waals surface area contributed by atoms with Crippen molar-refractivity contribution in [2.24, 2.45) is 0 Å². The maximum absolute atomic E-state index is 12.4. The molecule has 0 aliphatic carbocycles. The number of nitrogens with zero attached hydrogens (tertiary/aromatic N) is 1. The van der Waals surface area contributed by atoms with Crippen molar-refractivity contribution in [3.05, 3.63) is 0 Å². The Labute approximate surface area is 105 Å². The van der Waals surface area contributed by atoms with Gasteiger partial charge in [0.1, 0.15) is 0 Å². The summed E-state index contributed by atoms with van der Waals surface area (Å²) in [6.07, 6.45) is -0.0210. The molecule has 0 aromatic heterocycles. The molecule has 17 heavy (non-hydrogen) atoms. The maximum Gasteiger partial charge on any atom is 0.218 e. The zero-order chi connectivity index (χ0) is 13.1. The van der Waals surface area contributed by atoms with E-state index in [1.165, 1.54) is 0 Å². The predicted octanol–water partition coefficient (Wildman–Crippen LogP) is 0.423. The summed E-state index contributed by atoms with van der Waals surface area (Å²) in [6.45, 7) is 9.75. The number of morpholine rings is 1. The number of nitrogens with one attached hydrogen (secondary N) is 1. The second-order valence-corrected chi connectivity index (χ2v) is 7.03. The molecule has 1 heterocycles. The number of hydrogen-bond acceptors (Lipinski definition) is 4. The van der Waals surface area contributed by atoms with Crippen LogP contribution in [0.5, 0.6) is 0 Å². The van der Waals surface area contributed by atoms with E-state index in [2.05, 4.69) is 5.32 Å². The fourth-order valence-electron chi connectivity index (χ4n) is 1.91. The van der Waals surface area contributed by atoms with Gasteiger partial charge in [-0.3, -0.25) is 0 Å². The third-order valence-corrected chi connectivity index (χ3v) is 5.41. The molecule has 0 bridgehead atoms. The van der Waals surface area contributed by atoms with Gasteiger partial charge < -0.3 is 10.1 Å². The van der Waals surface area contributed by atoms with E-state index in [1.807, 2.05) is 20.8 Å². The standard InChI is InChI=1S/C11H24N2O3S/c1-5-12-6-11(4)17(14,15)13-7-10(3)16-8-9(13)2/h9-12H,5-8H2,1-4H3. The van der Waals surface area contributed by atoms with Crippen LogP contribution in [0.3, 0.4) is 0 Å². The molecule has 1 rings (SSSR count). The normalized spacial score (nSPS) is 29.2. The van der Waals surface area contributed by atoms with Gasteiger partial charge in [-0.25, -0.2) is 8.42 Å². The lowest BCUT2D eigenvalue weighted by Crippen LogP contribution is -2.53. The van der Waals surface area contributed by atoms with E-state index in [0.29, 0.717) is 19.7 Å². The summed E-state index contributed by atoms with van der Waals surface area (Å²) in [4.78, 5) is 0. The van der Waals surface area contributed by atoms with Crippen LogP contribution in [-0.2, 0) is 14.8 Å². The molecule has 1 aliphatic rings. The highest BCUT2D eigenvalue weighted by Crippen LogP contribution is 2.18. The Hall–Kier alpha value is -0.170. The molecule has 1 N–H and O–H groups in total. The van der Waals surface area contributed by atoms with Crippen molar-refractivity contribution in [3.8, 4) is 0 Å². The molecular formula is C11H24N2O3S. The van der Waals surface area contributed by atoms with E-state index in [4.69, 9.17) is 4.74 Å². The van der Waals surface area contributed by atoms with Crippen molar-refractivity contribution in [3.63, 3.8) is 0 Å². The lowest BCUT2D eigenvalue weighted by atomic mass is 10.2. The van der Waals surface area contributed by atoms with Crippen LogP contribution in [0.4, 0.5) is 0 Å². The van der Waals surface area contributed by atoms with Gasteiger partial charge in [-0.1, -0.05) is 6.92 Å². The minimum atomic E-state index is -3.23. The van der Waals surface area contributed by atoms with E-state index in [-0.39, 0.29) is 12.1 Å². The van der Waals surface area contributed by atoms with Gasteiger partial charge in [0.05, 0.1) is 18.0 Å². The molecule has 102 valence electrons. The van der Waals surface area contributed by atoms with Crippen molar-refractivity contribution < 1.29 is 13.2 Å². The molecule has 0 aromatic carbocycles. The molecule has 0 radical (unpaired) electrons. The summed E-state index contributed by atoms with van der Waals surface area (Å²) in [5.41, 5.74) is 0. The number of rotatable bonds is 5. The summed E-state index contributed by atoms with van der Waals surface area (Å²) < 4.78 is 31.8. The third-order valence-electron chi connectivity index (χ3n) is 3.07. The average molecular weight is 264 g/mol. The van der Waals surface area contributed by atoms with Crippen molar-refractivity contribution >= 4 is 10.0 Å².